The summed E-state index contributed by atoms with van der Waals surface area (Å²) in [6, 6.07) is -1.33. The Bertz CT molecular complexity index is 2580. The van der Waals surface area contributed by atoms with Gasteiger partial charge in [0.05, 0.1) is 62.6 Å². The molecule has 0 aromatic carbocycles. The molecule has 13 N–H and O–H groups in total. The smallest absolute Gasteiger partial charge is 0.390 e. The number of amides is 2. The highest BCUT2D eigenvalue weighted by Gasteiger charge is 2.56. The summed E-state index contributed by atoms with van der Waals surface area (Å²) >= 11 is 0. The van der Waals surface area contributed by atoms with E-state index in [0.717, 1.165) is 25.9 Å². The monoisotopic (exact) mass is 1160 g/mol. The van der Waals surface area contributed by atoms with Crippen LogP contribution in [0, 0.1) is 17.8 Å². The van der Waals surface area contributed by atoms with E-state index in [-0.39, 0.29) is 81.9 Å². The number of rotatable bonds is 20. The number of imidazole rings is 1. The third kappa shape index (κ3) is 17.4. The Morgan fingerprint density at radius 3 is 1.71 bits per heavy atom. The first-order valence-corrected chi connectivity index (χ1v) is 28.8. The molecule has 33 heteroatoms. The fourth-order valence-corrected chi connectivity index (χ4v) is 10.9. The highest BCUT2D eigenvalue weighted by Crippen LogP contribution is 2.47. The van der Waals surface area contributed by atoms with Gasteiger partial charge >= 0.3 is 23.5 Å². The van der Waals surface area contributed by atoms with Crippen LogP contribution in [0.3, 0.4) is 0 Å². The van der Waals surface area contributed by atoms with E-state index in [4.69, 9.17) is 43.6 Å². The molecule has 12 atom stereocenters. The van der Waals surface area contributed by atoms with Crippen molar-refractivity contribution in [2.24, 2.45) is 17.8 Å². The molecule has 1 saturated heterocycles. The summed E-state index contributed by atoms with van der Waals surface area (Å²) in [6.45, 7) is 14.4. The molecule has 2 aromatic heterocycles. The van der Waals surface area contributed by atoms with E-state index in [1.807, 2.05) is 0 Å². The van der Waals surface area contributed by atoms with Crippen LogP contribution < -0.4 is 16.0 Å². The zero-order valence-corrected chi connectivity index (χ0v) is 44.5. The minimum Gasteiger partial charge on any atom is -0.390 e. The molecule has 3 aliphatic carbocycles. The third-order valence-electron chi connectivity index (χ3n) is 13.2. The predicted molar refractivity (Wildman–Crippen MR) is 270 cm³/mol. The molecule has 0 radical (unpaired) electrons. The van der Waals surface area contributed by atoms with Gasteiger partial charge in [-0.1, -0.05) is 33.9 Å². The van der Waals surface area contributed by atoms with Crippen molar-refractivity contribution in [2.45, 2.75) is 127 Å². The standard InChI is InChI=1S/C18H30N5O7P.C14H21N2O7P.C11H17N2O7P.CH4/c1-2-3-6-29-7-4-5-19-17-14-18(21-10-20-17)23(11-22-14)13-8-12(15(24)16(13)25)9-30-31(26,27)28;1-8-15-11(17)4-5-16(8)10-6-9(7-21-24(18,19)20)12-13(10)23-14(2,3)22-12;1-6-12-9(14)2-3-13(6)8-4-7(10(15)11(8)16)5-20-21(17,18)19;/h10-13,15-16,24-25H,2-9H2,1H3,(H,19,20,21)(H2,26,27,28);4-5,9-10,12-13H,1,6-7H2,2-3H3,(H,15,17)(H2,18,19,20);2-3,7-8,10-11,15-16H,1,4-5H2,(H,12,14)(H2,17,18,19);1H4/t12?,13-,15-,16+;9?,10-,12-,13?;7?,8-,10-,11?;/m111./s1. The van der Waals surface area contributed by atoms with Gasteiger partial charge in [-0.05, 0) is 46.0 Å². The van der Waals surface area contributed by atoms with Crippen molar-refractivity contribution < 1.29 is 101 Å². The quantitative estimate of drug-likeness (QED) is 0.0635. The van der Waals surface area contributed by atoms with Crippen LogP contribution >= 0.6 is 23.5 Å². The maximum Gasteiger partial charge on any atom is 0.469 e. The molecule has 434 valence electrons. The van der Waals surface area contributed by atoms with Crippen LogP contribution in [0.2, 0.25) is 0 Å². The zero-order chi connectivity index (χ0) is 55.9. The first-order valence-electron chi connectivity index (χ1n) is 24.2. The fourth-order valence-electron chi connectivity index (χ4n) is 9.70. The van der Waals surface area contributed by atoms with Crippen LogP contribution in [0.1, 0.15) is 72.8 Å². The van der Waals surface area contributed by atoms with E-state index in [1.54, 1.807) is 29.5 Å². The Labute approximate surface area is 443 Å². The lowest BCUT2D eigenvalue weighted by Gasteiger charge is -2.34. The van der Waals surface area contributed by atoms with Crippen molar-refractivity contribution in [1.82, 2.24) is 40.0 Å². The van der Waals surface area contributed by atoms with Crippen molar-refractivity contribution in [1.29, 1.82) is 0 Å². The van der Waals surface area contributed by atoms with E-state index >= 15 is 0 Å². The van der Waals surface area contributed by atoms with Crippen molar-refractivity contribution in [3.05, 3.63) is 62.0 Å². The van der Waals surface area contributed by atoms with Crippen LogP contribution in [0.25, 0.3) is 11.2 Å². The normalized spacial score (nSPS) is 29.8. The van der Waals surface area contributed by atoms with Gasteiger partial charge in [0, 0.05) is 62.1 Å². The molecule has 3 aliphatic heterocycles. The molecule has 0 spiro atoms. The van der Waals surface area contributed by atoms with E-state index < -0.39 is 77.6 Å². The number of hydrogen-bond donors (Lipinski definition) is 13. The molecule has 6 aliphatic rings. The fraction of sp³-hybridized carbons (Fsp3) is 0.659. The van der Waals surface area contributed by atoms with Gasteiger partial charge in [0.15, 0.2) is 17.3 Å². The molecule has 5 heterocycles. The van der Waals surface area contributed by atoms with Crippen molar-refractivity contribution >= 4 is 52.3 Å². The Morgan fingerprint density at radius 1 is 0.701 bits per heavy atom. The number of fused-ring (bicyclic) bond motifs is 2. The minimum absolute atomic E-state index is 0. The predicted octanol–water partition coefficient (Wildman–Crippen LogP) is 0.517. The van der Waals surface area contributed by atoms with Crippen LogP contribution in [0.15, 0.2) is 62.0 Å². The summed E-state index contributed by atoms with van der Waals surface area (Å²) in [6.07, 6.45) is 7.18. The number of carbonyl (C=O) groups excluding carboxylic acids is 2. The van der Waals surface area contributed by atoms with Gasteiger partial charge in [-0.3, -0.25) is 23.2 Å². The average molecular weight is 1160 g/mol. The van der Waals surface area contributed by atoms with Crippen LogP contribution in [-0.4, -0.2) is 185 Å². The summed E-state index contributed by atoms with van der Waals surface area (Å²) in [5, 5.41) is 49.1. The van der Waals surface area contributed by atoms with Crippen molar-refractivity contribution in [3.8, 4) is 0 Å². The Morgan fingerprint density at radius 2 is 1.18 bits per heavy atom. The zero-order valence-electron chi connectivity index (χ0n) is 41.8. The number of aliphatic hydroxyl groups excluding tert-OH is 4. The maximum absolute atomic E-state index is 11.4. The molecule has 4 fully saturated rings. The molecule has 8 rings (SSSR count). The maximum atomic E-state index is 11.4. The Hall–Kier alpha value is -4.10. The number of unbranched alkanes of at least 4 members (excludes halogenated alkanes) is 1. The van der Waals surface area contributed by atoms with E-state index in [1.165, 1.54) is 35.9 Å². The SMILES string of the molecule is C.C=C1NC(=O)C=CN1[C@@H]1CC(COP(=O)(O)O)[C@@H](O)C1O.C=C1NC(=O)C=CN1[C@@H]1CC(COP(=O)(O)O)[C@H]2OC(C)(C)OC21.CCCCOCCCNc1ncnc2c1ncn2[C@@H]1CC(COP(=O)(O)O)[C@@H](O)[C@H]1O. The number of aliphatic hydroxyl groups is 4. The molecule has 3 saturated carbocycles. The largest absolute Gasteiger partial charge is 0.469 e. The van der Waals surface area contributed by atoms with E-state index in [2.05, 4.69) is 64.6 Å². The lowest BCUT2D eigenvalue weighted by molar-refractivity contribution is -0.162. The Balaban J connectivity index is 0.000000216. The van der Waals surface area contributed by atoms with Crippen LogP contribution in [0.4, 0.5) is 5.82 Å². The van der Waals surface area contributed by atoms with Crippen LogP contribution in [0.5, 0.6) is 0 Å². The van der Waals surface area contributed by atoms with Crippen molar-refractivity contribution in [3.63, 3.8) is 0 Å². The lowest BCUT2D eigenvalue weighted by atomic mass is 10.1. The number of anilines is 1. The molecule has 77 heavy (non-hydrogen) atoms. The second-order valence-corrected chi connectivity index (χ2v) is 22.9. The number of nitrogens with zero attached hydrogens (tertiary/aromatic N) is 6. The number of nitrogens with one attached hydrogen (secondary N) is 3. The van der Waals surface area contributed by atoms with Crippen LogP contribution in [-0.2, 0) is 51.1 Å². The van der Waals surface area contributed by atoms with Gasteiger partial charge in [-0.25, -0.2) is 28.6 Å². The molecule has 2 amide bonds. The highest BCUT2D eigenvalue weighted by molar-refractivity contribution is 7.46. The van der Waals surface area contributed by atoms with Gasteiger partial charge in [0.25, 0.3) is 11.8 Å². The topological polar surface area (TPSA) is 429 Å². The van der Waals surface area contributed by atoms with Gasteiger partial charge < -0.3 is 94.3 Å². The molecular formula is C44H72N9O21P3. The molecule has 0 bridgehead atoms. The van der Waals surface area contributed by atoms with Gasteiger partial charge in [-0.15, -0.1) is 0 Å². The minimum atomic E-state index is -4.66. The Kier molecular flexibility index (Phi) is 22.3. The average Bonchev–Trinajstić information content (AvgIpc) is 4.12. The first-order chi connectivity index (χ1) is 35.6. The van der Waals surface area contributed by atoms with Gasteiger partial charge in [0.1, 0.15) is 41.8 Å². The second-order valence-electron chi connectivity index (χ2n) is 19.2. The second kappa shape index (κ2) is 26.9. The molecule has 30 nitrogen and oxygen atoms in total. The number of hydrogen-bond acceptors (Lipinski definition) is 21. The first kappa shape index (κ1) is 63.7. The highest BCUT2D eigenvalue weighted by atomic mass is 31.2. The molecule has 5 unspecified atom stereocenters. The third-order valence-corrected chi connectivity index (χ3v) is 14.7. The summed E-state index contributed by atoms with van der Waals surface area (Å²) in [5.74, 6) is -1.69. The van der Waals surface area contributed by atoms with E-state index in [0.29, 0.717) is 42.4 Å². The van der Waals surface area contributed by atoms with Gasteiger partial charge in [-0.2, -0.15) is 0 Å². The molecule has 2 aromatic rings. The number of ether oxygens (including phenoxy) is 3. The summed E-state index contributed by atoms with van der Waals surface area (Å²) in [4.78, 5) is 91.7. The van der Waals surface area contributed by atoms with Crippen molar-refractivity contribution in [2.75, 3.05) is 44.9 Å². The number of aromatic nitrogens is 4. The summed E-state index contributed by atoms with van der Waals surface area (Å²) in [7, 11) is -13.9. The lowest BCUT2D eigenvalue weighted by Crippen LogP contribution is -2.45. The number of phosphoric ester groups is 3. The number of carbonyl (C=O) groups is 2. The summed E-state index contributed by atoms with van der Waals surface area (Å²) in [5.41, 5.74) is 1.02. The molecular weight excluding hydrogens is 1080 g/mol. The van der Waals surface area contributed by atoms with E-state index in [9.17, 15) is 43.7 Å². The number of phosphoric acid groups is 3. The summed E-state index contributed by atoms with van der Waals surface area (Å²) < 4.78 is 65.3. The van der Waals surface area contributed by atoms with Gasteiger partial charge in [0.2, 0.25) is 0 Å².